The van der Waals surface area contributed by atoms with Gasteiger partial charge in [-0.15, -0.1) is 6.58 Å². The predicted molar refractivity (Wildman–Crippen MR) is 120 cm³/mol. The number of hydrogen-bond acceptors (Lipinski definition) is 0. The minimum absolute atomic E-state index is 0.398. The van der Waals surface area contributed by atoms with Crippen LogP contribution in [0.25, 0.3) is 10.8 Å². The molecule has 0 heterocycles. The Balaban J connectivity index is 1.20. The molecule has 3 aliphatic carbocycles. The summed E-state index contributed by atoms with van der Waals surface area (Å²) >= 11 is 0. The molecule has 0 radical (unpaired) electrons. The fourth-order valence-electron chi connectivity index (χ4n) is 7.07. The third-order valence-corrected chi connectivity index (χ3v) is 8.87. The fraction of sp³-hybridized carbons (Fsp3) is 0.571. The van der Waals surface area contributed by atoms with Crippen molar-refractivity contribution in [1.82, 2.24) is 0 Å². The minimum Gasteiger partial charge on any atom is -0.204 e. The van der Waals surface area contributed by atoms with Crippen LogP contribution in [0, 0.1) is 41.2 Å². The number of benzene rings is 2. The Bertz CT molecular complexity index is 908. The second-order valence-electron chi connectivity index (χ2n) is 10.4. The number of hydrogen-bond donors (Lipinski definition) is 0. The third kappa shape index (κ3) is 3.83. The van der Waals surface area contributed by atoms with Crippen LogP contribution in [0.2, 0.25) is 0 Å². The van der Waals surface area contributed by atoms with Crippen LogP contribution in [0.15, 0.2) is 43.0 Å². The van der Waals surface area contributed by atoms with Gasteiger partial charge in [-0.3, -0.25) is 0 Å². The summed E-state index contributed by atoms with van der Waals surface area (Å²) in [5.74, 6) is 3.60. The van der Waals surface area contributed by atoms with Gasteiger partial charge in [-0.05, 0) is 117 Å². The molecule has 160 valence electrons. The van der Waals surface area contributed by atoms with Crippen LogP contribution in [0.5, 0.6) is 0 Å². The second kappa shape index (κ2) is 8.44. The van der Waals surface area contributed by atoms with E-state index >= 15 is 0 Å². The van der Waals surface area contributed by atoms with Crippen molar-refractivity contribution in [2.75, 3.05) is 0 Å². The van der Waals surface area contributed by atoms with Crippen molar-refractivity contribution in [3.63, 3.8) is 0 Å². The zero-order valence-corrected chi connectivity index (χ0v) is 18.0. The third-order valence-electron chi connectivity index (χ3n) is 8.87. The molecule has 0 saturated heterocycles. The average Bonchev–Trinajstić information content (AvgIpc) is 2.80. The van der Waals surface area contributed by atoms with Crippen molar-refractivity contribution in [2.45, 2.75) is 70.1 Å². The molecule has 2 heteroatoms. The van der Waals surface area contributed by atoms with Crippen LogP contribution in [-0.2, 0) is 0 Å². The van der Waals surface area contributed by atoms with Crippen molar-refractivity contribution in [1.29, 1.82) is 0 Å². The van der Waals surface area contributed by atoms with E-state index in [1.807, 2.05) is 6.07 Å². The van der Waals surface area contributed by atoms with Crippen LogP contribution in [0.4, 0.5) is 8.78 Å². The van der Waals surface area contributed by atoms with Crippen molar-refractivity contribution >= 4 is 10.8 Å². The van der Waals surface area contributed by atoms with E-state index in [0.717, 1.165) is 35.0 Å². The zero-order chi connectivity index (χ0) is 20.7. The lowest BCUT2D eigenvalue weighted by atomic mass is 9.61. The second-order valence-corrected chi connectivity index (χ2v) is 10.4. The van der Waals surface area contributed by atoms with Gasteiger partial charge in [-0.25, -0.2) is 8.78 Å². The van der Waals surface area contributed by atoms with Gasteiger partial charge in [0.05, 0.1) is 0 Å². The van der Waals surface area contributed by atoms with Gasteiger partial charge in [-0.2, -0.15) is 0 Å². The van der Waals surface area contributed by atoms with Crippen LogP contribution in [0.3, 0.4) is 0 Å². The number of fused-ring (bicyclic) bond motifs is 2. The van der Waals surface area contributed by atoms with Crippen LogP contribution in [0.1, 0.15) is 75.7 Å². The Kier molecular flexibility index (Phi) is 5.69. The number of halogens is 2. The first-order chi connectivity index (χ1) is 14.6. The molecule has 4 atom stereocenters. The quantitative estimate of drug-likeness (QED) is 0.447. The van der Waals surface area contributed by atoms with E-state index in [9.17, 15) is 8.78 Å². The molecule has 0 bridgehead atoms. The molecule has 2 aromatic carbocycles. The van der Waals surface area contributed by atoms with Crippen LogP contribution >= 0.6 is 0 Å². The van der Waals surface area contributed by atoms with Gasteiger partial charge in [0.15, 0.2) is 11.6 Å². The van der Waals surface area contributed by atoms with Crippen molar-refractivity contribution in [3.05, 3.63) is 60.2 Å². The molecule has 2 aromatic rings. The van der Waals surface area contributed by atoms with Gasteiger partial charge in [0.1, 0.15) is 0 Å². The van der Waals surface area contributed by atoms with E-state index in [1.54, 1.807) is 12.1 Å². The molecular formula is C28H34F2. The summed E-state index contributed by atoms with van der Waals surface area (Å²) in [5, 5.41) is 1.22. The maximum absolute atomic E-state index is 14.0. The van der Waals surface area contributed by atoms with E-state index in [4.69, 9.17) is 0 Å². The summed E-state index contributed by atoms with van der Waals surface area (Å²) in [6.07, 6.45) is 15.8. The van der Waals surface area contributed by atoms with Crippen molar-refractivity contribution < 1.29 is 8.78 Å². The SMILES string of the molecule is C=CC1CCC2CC(C3CCC(c4ccc5c(F)c(F)ccc5c4)CC3)CCC2C1. The Morgan fingerprint density at radius 1 is 0.733 bits per heavy atom. The van der Waals surface area contributed by atoms with Crippen LogP contribution in [-0.4, -0.2) is 0 Å². The standard InChI is InChI=1S/C28H34F2/c1-2-18-3-4-24-16-22(10-9-21(24)15-18)19-5-7-20(8-6-19)23-11-13-26-25(17-23)12-14-27(29)28(26)30/h2,11-14,17-22,24H,1,3-10,15-16H2. The molecule has 5 rings (SSSR count). The van der Waals surface area contributed by atoms with Gasteiger partial charge in [0, 0.05) is 5.39 Å². The highest BCUT2D eigenvalue weighted by atomic mass is 19.2. The van der Waals surface area contributed by atoms with E-state index in [1.165, 1.54) is 75.8 Å². The lowest BCUT2D eigenvalue weighted by molar-refractivity contribution is 0.0719. The normalized spacial score (nSPS) is 34.5. The highest BCUT2D eigenvalue weighted by molar-refractivity contribution is 5.84. The topological polar surface area (TPSA) is 0 Å². The maximum atomic E-state index is 14.0. The first-order valence-corrected chi connectivity index (χ1v) is 12.1. The molecule has 30 heavy (non-hydrogen) atoms. The Hall–Kier alpha value is -1.70. The Morgan fingerprint density at radius 2 is 1.40 bits per heavy atom. The van der Waals surface area contributed by atoms with Crippen molar-refractivity contribution in [3.8, 4) is 0 Å². The van der Waals surface area contributed by atoms with Gasteiger partial charge in [0.2, 0.25) is 0 Å². The predicted octanol–water partition coefficient (Wildman–Crippen LogP) is 8.41. The Morgan fingerprint density at radius 3 is 2.17 bits per heavy atom. The zero-order valence-electron chi connectivity index (χ0n) is 18.0. The first kappa shape index (κ1) is 20.2. The first-order valence-electron chi connectivity index (χ1n) is 12.1. The molecule has 0 N–H and O–H groups in total. The summed E-state index contributed by atoms with van der Waals surface area (Å²) in [4.78, 5) is 0. The summed E-state index contributed by atoms with van der Waals surface area (Å²) in [5.41, 5.74) is 1.30. The molecule has 0 nitrogen and oxygen atoms in total. The lowest BCUT2D eigenvalue weighted by Crippen LogP contribution is -2.34. The molecular weight excluding hydrogens is 374 g/mol. The molecule has 0 amide bonds. The molecule has 3 aliphatic rings. The largest absolute Gasteiger partial charge is 0.204 e. The highest BCUT2D eigenvalue weighted by Gasteiger charge is 2.38. The summed E-state index contributed by atoms with van der Waals surface area (Å²) in [6.45, 7) is 4.03. The minimum atomic E-state index is -0.761. The summed E-state index contributed by atoms with van der Waals surface area (Å²) in [7, 11) is 0. The van der Waals surface area contributed by atoms with Gasteiger partial charge >= 0.3 is 0 Å². The maximum Gasteiger partial charge on any atom is 0.166 e. The average molecular weight is 409 g/mol. The van der Waals surface area contributed by atoms with Gasteiger partial charge in [-0.1, -0.05) is 30.3 Å². The molecule has 0 aliphatic heterocycles. The van der Waals surface area contributed by atoms with E-state index in [0.29, 0.717) is 11.3 Å². The number of allylic oxidation sites excluding steroid dienone is 1. The molecule has 3 saturated carbocycles. The van der Waals surface area contributed by atoms with Crippen LogP contribution < -0.4 is 0 Å². The van der Waals surface area contributed by atoms with E-state index < -0.39 is 11.6 Å². The van der Waals surface area contributed by atoms with Crippen molar-refractivity contribution in [2.24, 2.45) is 29.6 Å². The fourth-order valence-corrected chi connectivity index (χ4v) is 7.07. The monoisotopic (exact) mass is 408 g/mol. The van der Waals surface area contributed by atoms with Gasteiger partial charge < -0.3 is 0 Å². The summed E-state index contributed by atoms with van der Waals surface area (Å²) < 4.78 is 27.5. The van der Waals surface area contributed by atoms with E-state index in [2.05, 4.69) is 18.7 Å². The Labute approximate surface area is 179 Å². The molecule has 0 spiro atoms. The lowest BCUT2D eigenvalue weighted by Gasteiger charge is -2.45. The molecule has 0 aromatic heterocycles. The number of rotatable bonds is 3. The smallest absolute Gasteiger partial charge is 0.166 e. The molecule has 3 fully saturated rings. The highest BCUT2D eigenvalue weighted by Crippen LogP contribution is 2.50. The summed E-state index contributed by atoms with van der Waals surface area (Å²) in [6, 6.07) is 8.85. The molecule has 4 unspecified atom stereocenters. The van der Waals surface area contributed by atoms with E-state index in [-0.39, 0.29) is 0 Å². The van der Waals surface area contributed by atoms with Gasteiger partial charge in [0.25, 0.3) is 0 Å².